The Labute approximate surface area is 126 Å². The molecule has 1 saturated heterocycles. The summed E-state index contributed by atoms with van der Waals surface area (Å²) in [7, 11) is 1.67. The summed E-state index contributed by atoms with van der Waals surface area (Å²) in [5, 5.41) is 0. The van der Waals surface area contributed by atoms with Gasteiger partial charge in [0.1, 0.15) is 12.3 Å². The van der Waals surface area contributed by atoms with Crippen LogP contribution in [0.3, 0.4) is 0 Å². The summed E-state index contributed by atoms with van der Waals surface area (Å²) in [6.45, 7) is 11.8. The molecule has 0 saturated carbocycles. The number of aromatic nitrogens is 1. The normalized spacial score (nSPS) is 23.0. The Bertz CT molecular complexity index is 558. The minimum atomic E-state index is -0.386. The van der Waals surface area contributed by atoms with Gasteiger partial charge in [-0.05, 0) is 40.2 Å². The largest absolute Gasteiger partial charge is 0.496 e. The summed E-state index contributed by atoms with van der Waals surface area (Å²) >= 11 is 0. The number of anilines is 1. The van der Waals surface area contributed by atoms with Crippen LogP contribution >= 0.6 is 0 Å². The van der Waals surface area contributed by atoms with Crippen LogP contribution in [0.2, 0.25) is 0 Å². The molecule has 0 aromatic carbocycles. The standard InChI is InChI=1S/C15H23BN2O3/c1-10-11(16-20-14(2,3)15(4,5)21-16)9-17-13-12(10)18(6)7-8-19-13/h9H,7-8H2,1-6H3. The lowest BCUT2D eigenvalue weighted by Gasteiger charge is -2.32. The molecule has 1 aromatic heterocycles. The molecule has 0 spiro atoms. The van der Waals surface area contributed by atoms with Gasteiger partial charge in [0.25, 0.3) is 0 Å². The maximum absolute atomic E-state index is 6.14. The zero-order chi connectivity index (χ0) is 15.4. The van der Waals surface area contributed by atoms with Crippen molar-refractivity contribution in [1.29, 1.82) is 0 Å². The zero-order valence-corrected chi connectivity index (χ0v) is 13.7. The van der Waals surface area contributed by atoms with E-state index in [1.165, 1.54) is 0 Å². The molecule has 0 radical (unpaired) electrons. The van der Waals surface area contributed by atoms with Crippen molar-refractivity contribution in [3.63, 3.8) is 0 Å². The van der Waals surface area contributed by atoms with Crippen LogP contribution in [0.1, 0.15) is 33.3 Å². The third-order valence-electron chi connectivity index (χ3n) is 4.87. The van der Waals surface area contributed by atoms with Gasteiger partial charge >= 0.3 is 7.12 Å². The molecule has 0 unspecified atom stereocenters. The summed E-state index contributed by atoms with van der Waals surface area (Å²) in [6.07, 6.45) is 1.81. The van der Waals surface area contributed by atoms with Gasteiger partial charge in [-0.3, -0.25) is 0 Å². The Morgan fingerprint density at radius 2 is 1.81 bits per heavy atom. The highest BCUT2D eigenvalue weighted by Gasteiger charge is 2.52. The molecule has 6 heteroatoms. The fourth-order valence-corrected chi connectivity index (χ4v) is 2.74. The van der Waals surface area contributed by atoms with Crippen LogP contribution in [0, 0.1) is 6.92 Å². The lowest BCUT2D eigenvalue weighted by atomic mass is 9.77. The van der Waals surface area contributed by atoms with Gasteiger partial charge in [-0.1, -0.05) is 0 Å². The molecule has 0 bridgehead atoms. The van der Waals surface area contributed by atoms with E-state index in [0.29, 0.717) is 12.5 Å². The Morgan fingerprint density at radius 1 is 1.19 bits per heavy atom. The molecular formula is C15H23BN2O3. The van der Waals surface area contributed by atoms with E-state index in [1.807, 2.05) is 6.20 Å². The molecule has 5 nitrogen and oxygen atoms in total. The minimum Gasteiger partial charge on any atom is -0.474 e. The number of pyridine rings is 1. The third-order valence-corrected chi connectivity index (χ3v) is 4.87. The Hall–Kier alpha value is -1.27. The first-order valence-electron chi connectivity index (χ1n) is 7.42. The molecule has 21 heavy (non-hydrogen) atoms. The number of ether oxygens (including phenoxy) is 1. The number of hydrogen-bond acceptors (Lipinski definition) is 5. The van der Waals surface area contributed by atoms with Crippen molar-refractivity contribution in [2.45, 2.75) is 45.8 Å². The topological polar surface area (TPSA) is 43.8 Å². The molecule has 2 aliphatic heterocycles. The summed E-state index contributed by atoms with van der Waals surface area (Å²) in [6, 6.07) is 0. The van der Waals surface area contributed by atoms with Gasteiger partial charge in [-0.15, -0.1) is 0 Å². The van der Waals surface area contributed by atoms with Crippen molar-refractivity contribution in [3.05, 3.63) is 11.8 Å². The summed E-state index contributed by atoms with van der Waals surface area (Å²) in [5.74, 6) is 0.696. The molecular weight excluding hydrogens is 267 g/mol. The molecule has 0 amide bonds. The van der Waals surface area contributed by atoms with Gasteiger partial charge in [-0.2, -0.15) is 0 Å². The molecule has 3 heterocycles. The van der Waals surface area contributed by atoms with E-state index < -0.39 is 0 Å². The predicted molar refractivity (Wildman–Crippen MR) is 83.5 cm³/mol. The van der Waals surface area contributed by atoms with E-state index in [9.17, 15) is 0 Å². The molecule has 0 N–H and O–H groups in total. The molecule has 3 rings (SSSR count). The lowest BCUT2D eigenvalue weighted by Crippen LogP contribution is -2.41. The highest BCUT2D eigenvalue weighted by molar-refractivity contribution is 6.62. The minimum absolute atomic E-state index is 0.345. The second-order valence-electron chi connectivity index (χ2n) is 6.85. The van der Waals surface area contributed by atoms with Crippen molar-refractivity contribution < 1.29 is 14.0 Å². The van der Waals surface area contributed by atoms with Crippen LogP contribution in [-0.4, -0.2) is 43.5 Å². The highest BCUT2D eigenvalue weighted by atomic mass is 16.7. The van der Waals surface area contributed by atoms with Crippen molar-refractivity contribution in [3.8, 4) is 5.88 Å². The van der Waals surface area contributed by atoms with Crippen LogP contribution in [-0.2, 0) is 9.31 Å². The van der Waals surface area contributed by atoms with E-state index in [-0.39, 0.29) is 18.3 Å². The highest BCUT2D eigenvalue weighted by Crippen LogP contribution is 2.38. The Kier molecular flexibility index (Phi) is 3.22. The second kappa shape index (κ2) is 4.61. The smallest absolute Gasteiger partial charge is 0.474 e. The van der Waals surface area contributed by atoms with Gasteiger partial charge < -0.3 is 18.9 Å². The fourth-order valence-electron chi connectivity index (χ4n) is 2.74. The molecule has 114 valence electrons. The summed E-state index contributed by atoms with van der Waals surface area (Å²) in [4.78, 5) is 6.62. The second-order valence-corrected chi connectivity index (χ2v) is 6.85. The SMILES string of the molecule is Cc1c(B2OC(C)(C)C(C)(C)O2)cnc2c1N(C)CCO2. The number of fused-ring (bicyclic) bond motifs is 1. The molecule has 1 fully saturated rings. The van der Waals surface area contributed by atoms with Crippen molar-refractivity contribution in [1.82, 2.24) is 4.98 Å². The third kappa shape index (κ3) is 2.21. The average Bonchev–Trinajstić information content (AvgIpc) is 2.58. The lowest BCUT2D eigenvalue weighted by molar-refractivity contribution is 0.00578. The maximum Gasteiger partial charge on any atom is 0.496 e. The number of likely N-dealkylation sites (N-methyl/N-ethyl adjacent to an activating group) is 1. The van der Waals surface area contributed by atoms with Gasteiger partial charge in [0.05, 0.1) is 17.7 Å². The summed E-state index contributed by atoms with van der Waals surface area (Å²) in [5.41, 5.74) is 2.43. The fraction of sp³-hybridized carbons (Fsp3) is 0.667. The van der Waals surface area contributed by atoms with E-state index >= 15 is 0 Å². The maximum atomic E-state index is 6.14. The first kappa shape index (κ1) is 14.7. The number of hydrogen-bond donors (Lipinski definition) is 0. The molecule has 1 aromatic rings. The first-order chi connectivity index (χ1) is 9.73. The monoisotopic (exact) mass is 290 g/mol. The van der Waals surface area contributed by atoms with Gasteiger partial charge in [0.15, 0.2) is 0 Å². The van der Waals surface area contributed by atoms with E-state index in [0.717, 1.165) is 23.3 Å². The zero-order valence-electron chi connectivity index (χ0n) is 13.7. The van der Waals surface area contributed by atoms with Gasteiger partial charge in [0, 0.05) is 18.7 Å². The van der Waals surface area contributed by atoms with Crippen LogP contribution in [0.25, 0.3) is 0 Å². The predicted octanol–water partition coefficient (Wildman–Crippen LogP) is 1.52. The molecule has 0 atom stereocenters. The van der Waals surface area contributed by atoms with Crippen LogP contribution in [0.15, 0.2) is 6.20 Å². The molecule has 0 aliphatic carbocycles. The van der Waals surface area contributed by atoms with Gasteiger partial charge in [-0.25, -0.2) is 4.98 Å². The molecule has 2 aliphatic rings. The number of nitrogens with zero attached hydrogens (tertiary/aromatic N) is 2. The average molecular weight is 290 g/mol. The Balaban J connectivity index is 2.00. The van der Waals surface area contributed by atoms with E-state index in [2.05, 4.69) is 51.6 Å². The van der Waals surface area contributed by atoms with E-state index in [1.54, 1.807) is 0 Å². The van der Waals surface area contributed by atoms with Crippen LogP contribution < -0.4 is 15.1 Å². The van der Waals surface area contributed by atoms with Crippen molar-refractivity contribution in [2.24, 2.45) is 0 Å². The van der Waals surface area contributed by atoms with E-state index in [4.69, 9.17) is 14.0 Å². The van der Waals surface area contributed by atoms with Crippen molar-refractivity contribution in [2.75, 3.05) is 25.1 Å². The van der Waals surface area contributed by atoms with Crippen LogP contribution in [0.4, 0.5) is 5.69 Å². The van der Waals surface area contributed by atoms with Crippen molar-refractivity contribution >= 4 is 18.3 Å². The first-order valence-corrected chi connectivity index (χ1v) is 7.42. The quantitative estimate of drug-likeness (QED) is 0.734. The summed E-state index contributed by atoms with van der Waals surface area (Å²) < 4.78 is 17.9. The van der Waals surface area contributed by atoms with Gasteiger partial charge in [0.2, 0.25) is 5.88 Å². The number of rotatable bonds is 1. The Morgan fingerprint density at radius 3 is 2.43 bits per heavy atom. The van der Waals surface area contributed by atoms with Crippen LogP contribution in [0.5, 0.6) is 5.88 Å².